The predicted molar refractivity (Wildman–Crippen MR) is 56.3 cm³/mol. The molecule has 0 heterocycles. The molecule has 0 aliphatic rings. The zero-order chi connectivity index (χ0) is 12.1. The van der Waals surface area contributed by atoms with Crippen molar-refractivity contribution in [3.63, 3.8) is 0 Å². The van der Waals surface area contributed by atoms with Gasteiger partial charge in [-0.2, -0.15) is 0 Å². The van der Waals surface area contributed by atoms with Crippen LogP contribution in [0.1, 0.15) is 0 Å². The smallest absolute Gasteiger partial charge is 0.296 e. The first-order valence-electron chi connectivity index (χ1n) is 4.54. The molecule has 0 saturated carbocycles. The zero-order valence-corrected chi connectivity index (χ0v) is 8.33. The number of aliphatic hydroxyl groups is 2. The fraction of sp³-hybridized carbons (Fsp3) is 0.333. The van der Waals surface area contributed by atoms with E-state index in [0.717, 1.165) is 6.07 Å². The van der Waals surface area contributed by atoms with Crippen molar-refractivity contribution in [2.75, 3.05) is 18.5 Å². The van der Waals surface area contributed by atoms with E-state index in [1.165, 1.54) is 12.1 Å². The van der Waals surface area contributed by atoms with Crippen LogP contribution in [0.2, 0.25) is 0 Å². The lowest BCUT2D eigenvalue weighted by molar-refractivity contribution is -0.384. The number of aliphatic hydroxyl groups excluding tert-OH is 2. The number of benzene rings is 1. The lowest BCUT2D eigenvalue weighted by Crippen LogP contribution is -2.23. The Hall–Kier alpha value is -1.86. The Labute approximate surface area is 91.1 Å². The monoisotopic (exact) mass is 228 g/mol. The van der Waals surface area contributed by atoms with E-state index in [4.69, 9.17) is 15.3 Å². The van der Waals surface area contributed by atoms with Crippen molar-refractivity contribution in [2.24, 2.45) is 0 Å². The highest BCUT2D eigenvalue weighted by atomic mass is 16.6. The number of nitrogens with one attached hydrogen (secondary N) is 1. The highest BCUT2D eigenvalue weighted by molar-refractivity contribution is 5.63. The highest BCUT2D eigenvalue weighted by Crippen LogP contribution is 2.28. The average Bonchev–Trinajstić information content (AvgIpc) is 2.26. The molecular weight excluding hydrogens is 216 g/mol. The molecule has 1 unspecified atom stereocenters. The molecule has 0 spiro atoms. The summed E-state index contributed by atoms with van der Waals surface area (Å²) in [5.41, 5.74) is -0.111. The largest absolute Gasteiger partial charge is 0.508 e. The third-order valence-corrected chi connectivity index (χ3v) is 1.92. The molecule has 0 fully saturated rings. The minimum absolute atomic E-state index is 0.0118. The third kappa shape index (κ3) is 3.07. The second-order valence-corrected chi connectivity index (χ2v) is 3.18. The Morgan fingerprint density at radius 1 is 1.50 bits per heavy atom. The van der Waals surface area contributed by atoms with Crippen LogP contribution in [0.15, 0.2) is 18.2 Å². The molecule has 0 saturated heterocycles. The van der Waals surface area contributed by atoms with E-state index < -0.39 is 17.6 Å². The van der Waals surface area contributed by atoms with Crippen LogP contribution < -0.4 is 5.32 Å². The van der Waals surface area contributed by atoms with Crippen LogP contribution in [0, 0.1) is 10.1 Å². The van der Waals surface area contributed by atoms with E-state index in [1.54, 1.807) is 0 Å². The summed E-state index contributed by atoms with van der Waals surface area (Å²) in [6.45, 7) is -0.443. The van der Waals surface area contributed by atoms with E-state index in [0.29, 0.717) is 0 Å². The molecule has 1 rings (SSSR count). The molecule has 0 aliphatic carbocycles. The number of nitro benzene ring substituents is 1. The number of nitrogens with zero attached hydrogens (tertiary/aromatic N) is 1. The summed E-state index contributed by atoms with van der Waals surface area (Å²) in [6, 6.07) is 3.63. The Morgan fingerprint density at radius 2 is 2.19 bits per heavy atom. The van der Waals surface area contributed by atoms with Gasteiger partial charge in [-0.3, -0.25) is 10.1 Å². The fourth-order valence-electron chi connectivity index (χ4n) is 1.11. The van der Waals surface area contributed by atoms with Crippen molar-refractivity contribution in [1.82, 2.24) is 0 Å². The summed E-state index contributed by atoms with van der Waals surface area (Å²) in [7, 11) is 0. The lowest BCUT2D eigenvalue weighted by Gasteiger charge is -2.10. The van der Waals surface area contributed by atoms with Crippen molar-refractivity contribution in [1.29, 1.82) is 0 Å². The molecule has 4 N–H and O–H groups in total. The molecule has 0 aromatic heterocycles. The third-order valence-electron chi connectivity index (χ3n) is 1.92. The van der Waals surface area contributed by atoms with Gasteiger partial charge in [0.25, 0.3) is 5.69 Å². The number of aromatic hydroxyl groups is 1. The zero-order valence-electron chi connectivity index (χ0n) is 8.33. The topological polar surface area (TPSA) is 116 Å². The standard InChI is InChI=1S/C9H12N2O5/c12-5-7(14)4-10-8-2-1-6(13)3-9(8)11(15)16/h1-3,7,10,12-14H,4-5H2. The van der Waals surface area contributed by atoms with Crippen LogP contribution in [0.25, 0.3) is 0 Å². The van der Waals surface area contributed by atoms with Gasteiger partial charge in [-0.25, -0.2) is 0 Å². The summed E-state index contributed by atoms with van der Waals surface area (Å²) in [5.74, 6) is -0.208. The van der Waals surface area contributed by atoms with Crippen molar-refractivity contribution in [3.05, 3.63) is 28.3 Å². The van der Waals surface area contributed by atoms with Gasteiger partial charge in [0.1, 0.15) is 11.4 Å². The van der Waals surface area contributed by atoms with Crippen molar-refractivity contribution in [2.45, 2.75) is 6.10 Å². The maximum absolute atomic E-state index is 10.6. The van der Waals surface area contributed by atoms with Crippen LogP contribution in [0.4, 0.5) is 11.4 Å². The molecule has 0 bridgehead atoms. The Balaban J connectivity index is 2.82. The van der Waals surface area contributed by atoms with E-state index in [1.807, 2.05) is 0 Å². The summed E-state index contributed by atoms with van der Waals surface area (Å²) in [6.07, 6.45) is -0.992. The van der Waals surface area contributed by atoms with Gasteiger partial charge < -0.3 is 20.6 Å². The van der Waals surface area contributed by atoms with Crippen molar-refractivity contribution in [3.8, 4) is 5.75 Å². The molecule has 88 valence electrons. The predicted octanol–water partition coefficient (Wildman–Crippen LogP) is 0.0655. The first-order chi connectivity index (χ1) is 7.54. The molecule has 0 amide bonds. The summed E-state index contributed by atoms with van der Waals surface area (Å²) < 4.78 is 0. The van der Waals surface area contributed by atoms with Crippen LogP contribution in [0.5, 0.6) is 5.75 Å². The quantitative estimate of drug-likeness (QED) is 0.322. The number of nitro groups is 1. The van der Waals surface area contributed by atoms with Gasteiger partial charge in [-0.05, 0) is 12.1 Å². The molecule has 1 atom stereocenters. The van der Waals surface area contributed by atoms with E-state index in [-0.39, 0.29) is 23.7 Å². The second kappa shape index (κ2) is 5.29. The molecule has 1 aromatic rings. The van der Waals surface area contributed by atoms with Crippen LogP contribution >= 0.6 is 0 Å². The lowest BCUT2D eigenvalue weighted by atomic mass is 10.2. The summed E-state index contributed by atoms with van der Waals surface area (Å²) in [4.78, 5) is 9.99. The van der Waals surface area contributed by atoms with Gasteiger partial charge in [0.05, 0.1) is 23.7 Å². The van der Waals surface area contributed by atoms with Gasteiger partial charge >= 0.3 is 0 Å². The number of rotatable bonds is 5. The summed E-state index contributed by atoms with van der Waals surface area (Å²) in [5, 5.41) is 40.0. The Morgan fingerprint density at radius 3 is 2.75 bits per heavy atom. The first-order valence-corrected chi connectivity index (χ1v) is 4.54. The number of phenolic OH excluding ortho intramolecular Hbond substituents is 1. The fourth-order valence-corrected chi connectivity index (χ4v) is 1.11. The minimum Gasteiger partial charge on any atom is -0.508 e. The average molecular weight is 228 g/mol. The normalized spacial score (nSPS) is 12.1. The van der Waals surface area contributed by atoms with Crippen LogP contribution in [0.3, 0.4) is 0 Å². The molecular formula is C9H12N2O5. The maximum atomic E-state index is 10.6. The van der Waals surface area contributed by atoms with Gasteiger partial charge in [0.2, 0.25) is 0 Å². The molecule has 16 heavy (non-hydrogen) atoms. The first kappa shape index (κ1) is 12.2. The second-order valence-electron chi connectivity index (χ2n) is 3.18. The van der Waals surface area contributed by atoms with E-state index >= 15 is 0 Å². The van der Waals surface area contributed by atoms with Crippen molar-refractivity contribution < 1.29 is 20.2 Å². The van der Waals surface area contributed by atoms with Gasteiger partial charge in [-0.15, -0.1) is 0 Å². The SMILES string of the molecule is O=[N+]([O-])c1cc(O)ccc1NCC(O)CO. The number of hydrogen-bond donors (Lipinski definition) is 4. The Bertz CT molecular complexity index is 382. The highest BCUT2D eigenvalue weighted by Gasteiger charge is 2.15. The summed E-state index contributed by atoms with van der Waals surface area (Å²) >= 11 is 0. The van der Waals surface area contributed by atoms with E-state index in [2.05, 4.69) is 5.32 Å². The molecule has 0 aliphatic heterocycles. The molecule has 7 heteroatoms. The van der Waals surface area contributed by atoms with Crippen molar-refractivity contribution >= 4 is 11.4 Å². The van der Waals surface area contributed by atoms with Crippen LogP contribution in [-0.4, -0.2) is 39.5 Å². The number of hydrogen-bond acceptors (Lipinski definition) is 6. The van der Waals surface area contributed by atoms with Gasteiger partial charge in [0, 0.05) is 6.54 Å². The van der Waals surface area contributed by atoms with E-state index in [9.17, 15) is 10.1 Å². The molecule has 0 radical (unpaired) electrons. The number of anilines is 1. The molecule has 1 aromatic carbocycles. The van der Waals surface area contributed by atoms with Gasteiger partial charge in [-0.1, -0.05) is 0 Å². The van der Waals surface area contributed by atoms with Gasteiger partial charge in [0.15, 0.2) is 0 Å². The maximum Gasteiger partial charge on any atom is 0.296 e. The minimum atomic E-state index is -0.992. The number of phenols is 1. The van der Waals surface area contributed by atoms with Crippen LogP contribution in [-0.2, 0) is 0 Å². The Kier molecular flexibility index (Phi) is 4.03. The molecule has 7 nitrogen and oxygen atoms in total.